The van der Waals surface area contributed by atoms with Gasteiger partial charge in [0.05, 0.1) is 7.11 Å². The smallest absolute Gasteiger partial charge is 0.358 e. The van der Waals surface area contributed by atoms with Gasteiger partial charge >= 0.3 is 5.97 Å². The maximum atomic E-state index is 12.5. The SMILES string of the molecule is COc1ccc2cc(CN(C)C(=O)COC(=O)c3csc(-c4cccc(Cl)c4)n3)ccc2c1. The number of nitrogens with zero attached hydrogens (tertiary/aromatic N) is 2. The Kier molecular flexibility index (Phi) is 6.91. The summed E-state index contributed by atoms with van der Waals surface area (Å²) in [6, 6.07) is 19.0. The van der Waals surface area contributed by atoms with Crippen LogP contribution in [0.15, 0.2) is 66.0 Å². The lowest BCUT2D eigenvalue weighted by Gasteiger charge is -2.17. The summed E-state index contributed by atoms with van der Waals surface area (Å²) < 4.78 is 10.4. The van der Waals surface area contributed by atoms with E-state index in [1.165, 1.54) is 16.2 Å². The van der Waals surface area contributed by atoms with Crippen LogP contribution >= 0.6 is 22.9 Å². The van der Waals surface area contributed by atoms with E-state index >= 15 is 0 Å². The van der Waals surface area contributed by atoms with Crippen molar-refractivity contribution in [3.63, 3.8) is 0 Å². The van der Waals surface area contributed by atoms with Crippen LogP contribution in [0.5, 0.6) is 5.75 Å². The average molecular weight is 481 g/mol. The van der Waals surface area contributed by atoms with E-state index in [2.05, 4.69) is 4.98 Å². The number of fused-ring (bicyclic) bond motifs is 1. The summed E-state index contributed by atoms with van der Waals surface area (Å²) in [6.45, 7) is 0.0398. The lowest BCUT2D eigenvalue weighted by molar-refractivity contribution is -0.133. The van der Waals surface area contributed by atoms with Gasteiger partial charge in [0.2, 0.25) is 0 Å². The molecule has 3 aromatic carbocycles. The van der Waals surface area contributed by atoms with Crippen molar-refractivity contribution in [1.29, 1.82) is 0 Å². The Morgan fingerprint density at radius 3 is 2.64 bits per heavy atom. The highest BCUT2D eigenvalue weighted by atomic mass is 35.5. The first kappa shape index (κ1) is 22.8. The average Bonchev–Trinajstić information content (AvgIpc) is 3.32. The minimum Gasteiger partial charge on any atom is -0.497 e. The second kappa shape index (κ2) is 10.0. The number of halogens is 1. The maximum absolute atomic E-state index is 12.5. The van der Waals surface area contributed by atoms with E-state index < -0.39 is 5.97 Å². The zero-order valence-electron chi connectivity index (χ0n) is 18.1. The molecule has 8 heteroatoms. The van der Waals surface area contributed by atoms with Gasteiger partial charge in [-0.2, -0.15) is 0 Å². The molecule has 33 heavy (non-hydrogen) atoms. The molecule has 4 rings (SSSR count). The van der Waals surface area contributed by atoms with Crippen molar-refractivity contribution in [3.05, 3.63) is 82.3 Å². The molecule has 168 valence electrons. The third-order valence-corrected chi connectivity index (χ3v) is 6.20. The van der Waals surface area contributed by atoms with E-state index in [1.54, 1.807) is 31.7 Å². The molecule has 0 atom stereocenters. The van der Waals surface area contributed by atoms with Crippen LogP contribution in [-0.4, -0.2) is 42.5 Å². The van der Waals surface area contributed by atoms with Crippen LogP contribution in [0.25, 0.3) is 21.3 Å². The van der Waals surface area contributed by atoms with E-state index in [9.17, 15) is 9.59 Å². The number of methoxy groups -OCH3 is 1. The quantitative estimate of drug-likeness (QED) is 0.329. The van der Waals surface area contributed by atoms with Crippen molar-refractivity contribution in [2.24, 2.45) is 0 Å². The van der Waals surface area contributed by atoms with Gasteiger partial charge in [-0.3, -0.25) is 4.79 Å². The molecular weight excluding hydrogens is 460 g/mol. The van der Waals surface area contributed by atoms with Crippen LogP contribution in [0.2, 0.25) is 5.02 Å². The summed E-state index contributed by atoms with van der Waals surface area (Å²) in [6.07, 6.45) is 0. The summed E-state index contributed by atoms with van der Waals surface area (Å²) in [5, 5.41) is 4.96. The fourth-order valence-electron chi connectivity index (χ4n) is 3.29. The molecule has 0 saturated carbocycles. The molecule has 1 amide bonds. The molecule has 0 aliphatic heterocycles. The third-order valence-electron chi connectivity index (χ3n) is 5.07. The summed E-state index contributed by atoms with van der Waals surface area (Å²) >= 11 is 7.33. The number of aromatic nitrogens is 1. The molecular formula is C25H21ClN2O4S. The first-order valence-electron chi connectivity index (χ1n) is 10.1. The fraction of sp³-hybridized carbons (Fsp3) is 0.160. The van der Waals surface area contributed by atoms with Crippen molar-refractivity contribution in [2.75, 3.05) is 20.8 Å². The van der Waals surface area contributed by atoms with Gasteiger partial charge in [-0.25, -0.2) is 9.78 Å². The second-order valence-corrected chi connectivity index (χ2v) is 8.72. The van der Waals surface area contributed by atoms with Crippen LogP contribution in [0, 0.1) is 0 Å². The van der Waals surface area contributed by atoms with Gasteiger partial charge in [0.25, 0.3) is 5.91 Å². The van der Waals surface area contributed by atoms with E-state index in [0.29, 0.717) is 16.6 Å². The fourth-order valence-corrected chi connectivity index (χ4v) is 4.27. The molecule has 6 nitrogen and oxygen atoms in total. The molecule has 0 N–H and O–H groups in total. The number of carbonyl (C=O) groups excluding carboxylic acids is 2. The zero-order chi connectivity index (χ0) is 23.4. The minimum atomic E-state index is -0.638. The van der Waals surface area contributed by atoms with E-state index in [0.717, 1.165) is 27.6 Å². The third kappa shape index (κ3) is 5.50. The standard InChI is InChI=1S/C25H21ClN2O4S/c1-28(13-16-6-7-18-12-21(31-2)9-8-17(18)10-16)23(29)14-32-25(30)22-15-33-24(27-22)19-4-3-5-20(26)11-19/h3-12,15H,13-14H2,1-2H3. The largest absolute Gasteiger partial charge is 0.497 e. The Morgan fingerprint density at radius 2 is 1.85 bits per heavy atom. The van der Waals surface area contributed by atoms with Gasteiger partial charge in [0.1, 0.15) is 10.8 Å². The Morgan fingerprint density at radius 1 is 1.06 bits per heavy atom. The topological polar surface area (TPSA) is 68.7 Å². The van der Waals surface area contributed by atoms with Crippen molar-refractivity contribution in [2.45, 2.75) is 6.54 Å². The van der Waals surface area contributed by atoms with E-state index in [4.69, 9.17) is 21.1 Å². The maximum Gasteiger partial charge on any atom is 0.358 e. The number of esters is 1. The number of benzene rings is 3. The number of thiazole rings is 1. The number of amides is 1. The summed E-state index contributed by atoms with van der Waals surface area (Å²) in [4.78, 5) is 30.7. The Hall–Kier alpha value is -3.42. The van der Waals surface area contributed by atoms with Crippen LogP contribution in [0.4, 0.5) is 0 Å². The van der Waals surface area contributed by atoms with E-state index in [-0.39, 0.29) is 18.2 Å². The second-order valence-electron chi connectivity index (χ2n) is 7.42. The molecule has 0 radical (unpaired) electrons. The number of ether oxygens (including phenoxy) is 2. The molecule has 0 fully saturated rings. The summed E-state index contributed by atoms with van der Waals surface area (Å²) in [7, 11) is 3.31. The summed E-state index contributed by atoms with van der Waals surface area (Å²) in [5.74, 6) is -0.145. The van der Waals surface area contributed by atoms with Gasteiger partial charge in [-0.05, 0) is 46.7 Å². The number of carbonyl (C=O) groups is 2. The Balaban J connectivity index is 1.34. The minimum absolute atomic E-state index is 0.162. The number of likely N-dealkylation sites (N-methyl/N-ethyl adjacent to an activating group) is 1. The van der Waals surface area contributed by atoms with Crippen LogP contribution < -0.4 is 4.74 Å². The van der Waals surface area contributed by atoms with Gasteiger partial charge in [0, 0.05) is 29.6 Å². The first-order valence-corrected chi connectivity index (χ1v) is 11.4. The van der Waals surface area contributed by atoms with Gasteiger partial charge < -0.3 is 14.4 Å². The molecule has 0 bridgehead atoms. The van der Waals surface area contributed by atoms with Crippen LogP contribution in [-0.2, 0) is 16.1 Å². The van der Waals surface area contributed by atoms with Gasteiger partial charge in [-0.15, -0.1) is 11.3 Å². The van der Waals surface area contributed by atoms with Gasteiger partial charge in [0.15, 0.2) is 12.3 Å². The molecule has 4 aromatic rings. The van der Waals surface area contributed by atoms with Crippen molar-refractivity contribution in [1.82, 2.24) is 9.88 Å². The lowest BCUT2D eigenvalue weighted by Crippen LogP contribution is -2.30. The first-order chi connectivity index (χ1) is 15.9. The molecule has 0 aliphatic carbocycles. The predicted molar refractivity (Wildman–Crippen MR) is 130 cm³/mol. The number of rotatable bonds is 7. The molecule has 0 aliphatic rings. The highest BCUT2D eigenvalue weighted by Gasteiger charge is 2.17. The monoisotopic (exact) mass is 480 g/mol. The molecule has 0 unspecified atom stereocenters. The number of hydrogen-bond acceptors (Lipinski definition) is 6. The molecule has 0 saturated heterocycles. The molecule has 0 spiro atoms. The normalized spacial score (nSPS) is 10.8. The molecule has 1 aromatic heterocycles. The summed E-state index contributed by atoms with van der Waals surface area (Å²) in [5.41, 5.74) is 1.95. The Labute approximate surface area is 200 Å². The van der Waals surface area contributed by atoms with Crippen molar-refractivity contribution in [3.8, 4) is 16.3 Å². The van der Waals surface area contributed by atoms with Crippen molar-refractivity contribution < 1.29 is 19.1 Å². The Bertz CT molecular complexity index is 1320. The van der Waals surface area contributed by atoms with Crippen LogP contribution in [0.3, 0.4) is 0 Å². The highest BCUT2D eigenvalue weighted by Crippen LogP contribution is 2.26. The van der Waals surface area contributed by atoms with Gasteiger partial charge in [-0.1, -0.05) is 41.9 Å². The van der Waals surface area contributed by atoms with Crippen molar-refractivity contribution >= 4 is 45.6 Å². The van der Waals surface area contributed by atoms with Crippen LogP contribution in [0.1, 0.15) is 16.1 Å². The lowest BCUT2D eigenvalue weighted by atomic mass is 10.1. The zero-order valence-corrected chi connectivity index (χ0v) is 19.7. The highest BCUT2D eigenvalue weighted by molar-refractivity contribution is 7.13. The molecule has 1 heterocycles. The predicted octanol–water partition coefficient (Wildman–Crippen LogP) is 5.44. The number of hydrogen-bond donors (Lipinski definition) is 0. The van der Waals surface area contributed by atoms with E-state index in [1.807, 2.05) is 48.5 Å².